The molecule has 0 unspecified atom stereocenters. The van der Waals surface area contributed by atoms with Crippen molar-refractivity contribution in [3.05, 3.63) is 47.5 Å². The highest BCUT2D eigenvalue weighted by atomic mass is 15.3. The van der Waals surface area contributed by atoms with E-state index in [1.807, 2.05) is 18.3 Å². The smallest absolute Gasteiger partial charge is 0.150 e. The van der Waals surface area contributed by atoms with E-state index in [0.29, 0.717) is 0 Å². The molecule has 1 aromatic heterocycles. The number of hydrogen-bond donors (Lipinski definition) is 1. The maximum atomic E-state index is 4.73. The molecule has 0 saturated carbocycles. The number of hydrogen-bond acceptors (Lipinski definition) is 5. The van der Waals surface area contributed by atoms with Crippen molar-refractivity contribution >= 4 is 23.5 Å². The molecule has 5 heteroatoms. The van der Waals surface area contributed by atoms with E-state index in [4.69, 9.17) is 4.98 Å². The Kier molecular flexibility index (Phi) is 8.11. The summed E-state index contributed by atoms with van der Waals surface area (Å²) in [4.78, 5) is 9.30. The summed E-state index contributed by atoms with van der Waals surface area (Å²) in [5.74, 6) is 1.73. The van der Waals surface area contributed by atoms with Crippen LogP contribution in [0.3, 0.4) is 0 Å². The molecule has 2 aromatic rings. The summed E-state index contributed by atoms with van der Waals surface area (Å²) >= 11 is 0. The maximum absolute atomic E-state index is 4.73. The van der Waals surface area contributed by atoms with Crippen molar-refractivity contribution in [2.24, 2.45) is 5.10 Å². The number of rotatable bonds is 10. The van der Waals surface area contributed by atoms with Crippen molar-refractivity contribution in [3.63, 3.8) is 0 Å². The first kappa shape index (κ1) is 20.7. The van der Waals surface area contributed by atoms with Crippen LogP contribution >= 0.6 is 0 Å². The SMILES string of the molecule is CCCN(CCC)c1cc(N/N=C/c2cccc(C)c2)nc(N(C)CC)c1. The van der Waals surface area contributed by atoms with Gasteiger partial charge in [0.1, 0.15) is 5.82 Å². The molecule has 0 saturated heterocycles. The van der Waals surface area contributed by atoms with Crippen LogP contribution in [0, 0.1) is 6.92 Å². The lowest BCUT2D eigenvalue weighted by molar-refractivity contribution is 0.744. The van der Waals surface area contributed by atoms with Crippen LogP contribution in [0.25, 0.3) is 0 Å². The minimum Gasteiger partial charge on any atom is -0.371 e. The molecule has 0 radical (unpaired) electrons. The summed E-state index contributed by atoms with van der Waals surface area (Å²) in [7, 11) is 2.07. The van der Waals surface area contributed by atoms with Gasteiger partial charge in [0.15, 0.2) is 5.82 Å². The molecular weight excluding hydrogens is 334 g/mol. The third kappa shape index (κ3) is 6.27. The van der Waals surface area contributed by atoms with Crippen LogP contribution in [0.4, 0.5) is 17.3 Å². The van der Waals surface area contributed by atoms with E-state index < -0.39 is 0 Å². The van der Waals surface area contributed by atoms with Gasteiger partial charge in [-0.3, -0.25) is 5.43 Å². The van der Waals surface area contributed by atoms with Crippen LogP contribution in [0.1, 0.15) is 44.7 Å². The molecule has 0 aliphatic heterocycles. The standard InChI is InChI=1S/C22H33N5/c1-6-12-27(13-7-2)20-15-21(24-22(16-20)26(5)8-3)25-23-17-19-11-9-10-18(4)14-19/h9-11,14-17H,6-8,12-13H2,1-5H3,(H,24,25)/b23-17+. The maximum Gasteiger partial charge on any atom is 0.150 e. The van der Waals surface area contributed by atoms with Crippen LogP contribution in [-0.4, -0.2) is 37.9 Å². The number of nitrogens with one attached hydrogen (secondary N) is 1. The Hall–Kier alpha value is -2.56. The topological polar surface area (TPSA) is 43.8 Å². The highest BCUT2D eigenvalue weighted by Crippen LogP contribution is 2.25. The van der Waals surface area contributed by atoms with Crippen molar-refractivity contribution in [2.45, 2.75) is 40.5 Å². The monoisotopic (exact) mass is 367 g/mol. The first-order chi connectivity index (χ1) is 13.1. The molecule has 0 aliphatic carbocycles. The number of pyridine rings is 1. The number of anilines is 3. The lowest BCUT2D eigenvalue weighted by atomic mass is 10.2. The Bertz CT molecular complexity index is 735. The van der Waals surface area contributed by atoms with E-state index in [1.54, 1.807) is 0 Å². The minimum atomic E-state index is 0.768. The molecule has 0 amide bonds. The van der Waals surface area contributed by atoms with Gasteiger partial charge < -0.3 is 9.80 Å². The third-order valence-electron chi connectivity index (χ3n) is 4.45. The van der Waals surface area contributed by atoms with Gasteiger partial charge in [0.05, 0.1) is 6.21 Å². The highest BCUT2D eigenvalue weighted by molar-refractivity contribution is 5.80. The van der Waals surface area contributed by atoms with Crippen LogP contribution < -0.4 is 15.2 Å². The highest BCUT2D eigenvalue weighted by Gasteiger charge is 2.11. The van der Waals surface area contributed by atoms with E-state index in [1.165, 1.54) is 11.3 Å². The predicted octanol–water partition coefficient (Wildman–Crippen LogP) is 4.92. The Morgan fingerprint density at radius 2 is 1.81 bits per heavy atom. The summed E-state index contributed by atoms with van der Waals surface area (Å²) in [5.41, 5.74) is 6.60. The second-order valence-corrected chi connectivity index (χ2v) is 6.85. The molecule has 0 spiro atoms. The second-order valence-electron chi connectivity index (χ2n) is 6.85. The van der Waals surface area contributed by atoms with Gasteiger partial charge in [0, 0.05) is 44.5 Å². The summed E-state index contributed by atoms with van der Waals surface area (Å²) in [6.07, 6.45) is 4.07. The van der Waals surface area contributed by atoms with Crippen LogP contribution in [-0.2, 0) is 0 Å². The Labute approximate surface area is 164 Å². The zero-order valence-corrected chi connectivity index (χ0v) is 17.4. The lowest BCUT2D eigenvalue weighted by Crippen LogP contribution is -2.26. The predicted molar refractivity (Wildman–Crippen MR) is 118 cm³/mol. The van der Waals surface area contributed by atoms with Crippen molar-refractivity contribution < 1.29 is 0 Å². The van der Waals surface area contributed by atoms with Crippen LogP contribution in [0.15, 0.2) is 41.5 Å². The van der Waals surface area contributed by atoms with E-state index in [-0.39, 0.29) is 0 Å². The van der Waals surface area contributed by atoms with E-state index in [9.17, 15) is 0 Å². The summed E-state index contributed by atoms with van der Waals surface area (Å²) < 4.78 is 0. The van der Waals surface area contributed by atoms with E-state index in [2.05, 4.69) is 79.3 Å². The zero-order chi connectivity index (χ0) is 19.6. The number of aromatic nitrogens is 1. The van der Waals surface area contributed by atoms with Crippen LogP contribution in [0.2, 0.25) is 0 Å². The summed E-state index contributed by atoms with van der Waals surface area (Å²) in [5, 5.41) is 4.40. The van der Waals surface area contributed by atoms with Gasteiger partial charge in [-0.2, -0.15) is 5.10 Å². The molecule has 2 rings (SSSR count). The largest absolute Gasteiger partial charge is 0.371 e. The Morgan fingerprint density at radius 3 is 2.44 bits per heavy atom. The number of benzene rings is 1. The second kappa shape index (κ2) is 10.6. The van der Waals surface area contributed by atoms with Gasteiger partial charge in [-0.1, -0.05) is 43.7 Å². The molecule has 1 aromatic carbocycles. The van der Waals surface area contributed by atoms with Gasteiger partial charge >= 0.3 is 0 Å². The summed E-state index contributed by atoms with van der Waals surface area (Å²) in [6.45, 7) is 11.6. The fraction of sp³-hybridized carbons (Fsp3) is 0.455. The Balaban J connectivity index is 2.26. The number of hydrazone groups is 1. The normalized spacial score (nSPS) is 11.0. The van der Waals surface area contributed by atoms with Gasteiger partial charge in [-0.05, 0) is 32.3 Å². The molecule has 5 nitrogen and oxygen atoms in total. The molecule has 27 heavy (non-hydrogen) atoms. The minimum absolute atomic E-state index is 0.768. The van der Waals surface area contributed by atoms with Crippen LogP contribution in [0.5, 0.6) is 0 Å². The number of aryl methyl sites for hydroxylation is 1. The number of nitrogens with zero attached hydrogens (tertiary/aromatic N) is 4. The third-order valence-corrected chi connectivity index (χ3v) is 4.45. The molecule has 1 N–H and O–H groups in total. The van der Waals surface area contributed by atoms with E-state index >= 15 is 0 Å². The molecular formula is C22H33N5. The summed E-state index contributed by atoms with van der Waals surface area (Å²) in [6, 6.07) is 12.5. The molecule has 0 bridgehead atoms. The van der Waals surface area contributed by atoms with Gasteiger partial charge in [0.25, 0.3) is 0 Å². The molecule has 0 atom stereocenters. The van der Waals surface area contributed by atoms with Gasteiger partial charge in [-0.15, -0.1) is 0 Å². The average molecular weight is 368 g/mol. The first-order valence-corrected chi connectivity index (χ1v) is 9.91. The quantitative estimate of drug-likeness (QED) is 0.478. The lowest BCUT2D eigenvalue weighted by Gasteiger charge is -2.26. The fourth-order valence-electron chi connectivity index (χ4n) is 2.93. The molecule has 0 aliphatic rings. The average Bonchev–Trinajstić information content (AvgIpc) is 2.67. The van der Waals surface area contributed by atoms with Crippen molar-refractivity contribution in [2.75, 3.05) is 41.9 Å². The fourth-order valence-corrected chi connectivity index (χ4v) is 2.93. The van der Waals surface area contributed by atoms with Gasteiger partial charge in [-0.25, -0.2) is 4.98 Å². The van der Waals surface area contributed by atoms with Crippen molar-refractivity contribution in [3.8, 4) is 0 Å². The first-order valence-electron chi connectivity index (χ1n) is 9.91. The van der Waals surface area contributed by atoms with Gasteiger partial charge in [0.2, 0.25) is 0 Å². The molecule has 0 fully saturated rings. The van der Waals surface area contributed by atoms with E-state index in [0.717, 1.165) is 49.7 Å². The molecule has 1 heterocycles. The van der Waals surface area contributed by atoms with Crippen molar-refractivity contribution in [1.29, 1.82) is 0 Å². The molecule has 146 valence electrons. The van der Waals surface area contributed by atoms with Crippen molar-refractivity contribution in [1.82, 2.24) is 4.98 Å². The Morgan fingerprint density at radius 1 is 1.07 bits per heavy atom. The zero-order valence-electron chi connectivity index (χ0n) is 17.4.